The van der Waals surface area contributed by atoms with E-state index < -0.39 is 11.9 Å². The summed E-state index contributed by atoms with van der Waals surface area (Å²) in [6.07, 6.45) is 0. The molecule has 0 spiro atoms. The summed E-state index contributed by atoms with van der Waals surface area (Å²) in [5.41, 5.74) is 1.33. The van der Waals surface area contributed by atoms with Gasteiger partial charge < -0.3 is 19.7 Å². The third kappa shape index (κ3) is 7.94. The van der Waals surface area contributed by atoms with Crippen LogP contribution >= 0.6 is 0 Å². The van der Waals surface area contributed by atoms with Gasteiger partial charge in [-0.15, -0.1) is 0 Å². The molecule has 0 aromatic heterocycles. The van der Waals surface area contributed by atoms with Crippen molar-refractivity contribution in [3.05, 3.63) is 29.8 Å². The van der Waals surface area contributed by atoms with Crippen LogP contribution in [0.15, 0.2) is 24.3 Å². The molecule has 0 radical (unpaired) electrons. The zero-order chi connectivity index (χ0) is 17.9. The molecule has 1 aliphatic rings. The van der Waals surface area contributed by atoms with Crippen molar-refractivity contribution in [3.63, 3.8) is 0 Å². The molecule has 0 amide bonds. The summed E-state index contributed by atoms with van der Waals surface area (Å²) in [6, 6.07) is 8.40. The molecular formula is C17H25NO6. The Hall–Kier alpha value is -2.12. The first-order valence-electron chi connectivity index (χ1n) is 7.89. The van der Waals surface area contributed by atoms with Crippen molar-refractivity contribution in [2.45, 2.75) is 19.8 Å². The monoisotopic (exact) mass is 339 g/mol. The van der Waals surface area contributed by atoms with Gasteiger partial charge in [-0.05, 0) is 23.6 Å². The van der Waals surface area contributed by atoms with Crippen molar-refractivity contribution in [3.8, 4) is 5.75 Å². The SMILES string of the molecule is CC(C)c1cccc(OCCN2CCOCC2)c1.O=C(O)C(=O)O. The zero-order valence-corrected chi connectivity index (χ0v) is 14.1. The molecular weight excluding hydrogens is 314 g/mol. The second kappa shape index (κ2) is 10.6. The Labute approximate surface area is 141 Å². The van der Waals surface area contributed by atoms with Gasteiger partial charge in [0.15, 0.2) is 0 Å². The Morgan fingerprint density at radius 1 is 1.21 bits per heavy atom. The summed E-state index contributed by atoms with van der Waals surface area (Å²) in [7, 11) is 0. The van der Waals surface area contributed by atoms with E-state index in [4.69, 9.17) is 29.3 Å². The Balaban J connectivity index is 0.000000413. The van der Waals surface area contributed by atoms with E-state index in [1.54, 1.807) is 0 Å². The first kappa shape index (κ1) is 19.9. The standard InChI is InChI=1S/C15H23NO2.C2H2O4/c1-13(2)14-4-3-5-15(12-14)18-11-8-16-6-9-17-10-7-16;3-1(4)2(5)6/h3-5,12-13H,6-11H2,1-2H3;(H,3,4)(H,5,6). The minimum atomic E-state index is -1.82. The normalized spacial score (nSPS) is 14.6. The van der Waals surface area contributed by atoms with Crippen LogP contribution in [0.5, 0.6) is 5.75 Å². The zero-order valence-electron chi connectivity index (χ0n) is 14.1. The number of carboxylic acids is 2. The fourth-order valence-electron chi connectivity index (χ4n) is 2.08. The Morgan fingerprint density at radius 3 is 2.38 bits per heavy atom. The van der Waals surface area contributed by atoms with Crippen molar-refractivity contribution in [1.82, 2.24) is 4.90 Å². The van der Waals surface area contributed by atoms with Gasteiger partial charge in [0.2, 0.25) is 0 Å². The molecule has 2 rings (SSSR count). The third-order valence-corrected chi connectivity index (χ3v) is 3.49. The molecule has 7 heteroatoms. The molecule has 134 valence electrons. The smallest absolute Gasteiger partial charge is 0.414 e. The number of nitrogens with zero attached hydrogens (tertiary/aromatic N) is 1. The highest BCUT2D eigenvalue weighted by atomic mass is 16.5. The van der Waals surface area contributed by atoms with Gasteiger partial charge in [-0.3, -0.25) is 4.90 Å². The molecule has 7 nitrogen and oxygen atoms in total. The maximum atomic E-state index is 9.10. The Kier molecular flexibility index (Phi) is 8.81. The van der Waals surface area contributed by atoms with Crippen LogP contribution in [0.25, 0.3) is 0 Å². The molecule has 2 N–H and O–H groups in total. The van der Waals surface area contributed by atoms with Crippen molar-refractivity contribution < 1.29 is 29.3 Å². The average Bonchev–Trinajstić information content (AvgIpc) is 2.56. The molecule has 1 aromatic rings. The van der Waals surface area contributed by atoms with Crippen LogP contribution in [0.4, 0.5) is 0 Å². The highest BCUT2D eigenvalue weighted by Crippen LogP contribution is 2.20. The van der Waals surface area contributed by atoms with Crippen LogP contribution < -0.4 is 4.74 Å². The van der Waals surface area contributed by atoms with Crippen LogP contribution in [0.3, 0.4) is 0 Å². The van der Waals surface area contributed by atoms with E-state index in [2.05, 4.69) is 36.9 Å². The first-order chi connectivity index (χ1) is 11.4. The summed E-state index contributed by atoms with van der Waals surface area (Å²) < 4.78 is 11.1. The van der Waals surface area contributed by atoms with Crippen molar-refractivity contribution in [2.24, 2.45) is 0 Å². The number of ether oxygens (including phenoxy) is 2. The molecule has 1 saturated heterocycles. The van der Waals surface area contributed by atoms with Gasteiger partial charge in [0, 0.05) is 19.6 Å². The van der Waals surface area contributed by atoms with Crippen LogP contribution in [-0.2, 0) is 14.3 Å². The second-order valence-electron chi connectivity index (χ2n) is 5.64. The lowest BCUT2D eigenvalue weighted by atomic mass is 10.0. The third-order valence-electron chi connectivity index (χ3n) is 3.49. The minimum absolute atomic E-state index is 0.549. The fraction of sp³-hybridized carbons (Fsp3) is 0.529. The van der Waals surface area contributed by atoms with Crippen LogP contribution in [-0.4, -0.2) is 66.5 Å². The quantitative estimate of drug-likeness (QED) is 0.788. The number of hydrogen-bond acceptors (Lipinski definition) is 5. The van der Waals surface area contributed by atoms with Crippen LogP contribution in [0, 0.1) is 0 Å². The predicted molar refractivity (Wildman–Crippen MR) is 88.6 cm³/mol. The average molecular weight is 339 g/mol. The van der Waals surface area contributed by atoms with Gasteiger partial charge in [-0.2, -0.15) is 0 Å². The molecule has 1 heterocycles. The molecule has 0 unspecified atom stereocenters. The summed E-state index contributed by atoms with van der Waals surface area (Å²) in [6.45, 7) is 9.88. The van der Waals surface area contributed by atoms with E-state index in [-0.39, 0.29) is 0 Å². The molecule has 0 bridgehead atoms. The van der Waals surface area contributed by atoms with Gasteiger partial charge in [0.25, 0.3) is 0 Å². The second-order valence-corrected chi connectivity index (χ2v) is 5.64. The van der Waals surface area contributed by atoms with Crippen LogP contribution in [0.2, 0.25) is 0 Å². The number of aliphatic carboxylic acids is 2. The minimum Gasteiger partial charge on any atom is -0.492 e. The summed E-state index contributed by atoms with van der Waals surface area (Å²) in [4.78, 5) is 20.6. The predicted octanol–water partition coefficient (Wildman–Crippen LogP) is 1.68. The number of hydrogen-bond donors (Lipinski definition) is 2. The topological polar surface area (TPSA) is 96.3 Å². The lowest BCUT2D eigenvalue weighted by Gasteiger charge is -2.26. The van der Waals surface area contributed by atoms with Crippen LogP contribution in [0.1, 0.15) is 25.3 Å². The molecule has 0 atom stereocenters. The van der Waals surface area contributed by atoms with E-state index in [0.717, 1.165) is 45.2 Å². The molecule has 24 heavy (non-hydrogen) atoms. The van der Waals surface area contributed by atoms with Crippen molar-refractivity contribution in [1.29, 1.82) is 0 Å². The molecule has 0 aliphatic carbocycles. The molecule has 1 aromatic carbocycles. The number of rotatable bonds is 5. The maximum Gasteiger partial charge on any atom is 0.414 e. The largest absolute Gasteiger partial charge is 0.492 e. The number of benzene rings is 1. The lowest BCUT2D eigenvalue weighted by Crippen LogP contribution is -2.38. The summed E-state index contributed by atoms with van der Waals surface area (Å²) in [5, 5.41) is 14.8. The highest BCUT2D eigenvalue weighted by molar-refractivity contribution is 6.27. The first-order valence-corrected chi connectivity index (χ1v) is 7.89. The van der Waals surface area contributed by atoms with E-state index in [1.165, 1.54) is 5.56 Å². The molecule has 0 saturated carbocycles. The van der Waals surface area contributed by atoms with E-state index in [1.807, 2.05) is 6.07 Å². The number of carbonyl (C=O) groups is 2. The summed E-state index contributed by atoms with van der Waals surface area (Å²) in [5.74, 6) is -2.12. The van der Waals surface area contributed by atoms with Gasteiger partial charge in [0.1, 0.15) is 12.4 Å². The van der Waals surface area contributed by atoms with Crippen molar-refractivity contribution in [2.75, 3.05) is 39.5 Å². The van der Waals surface area contributed by atoms with Gasteiger partial charge in [-0.1, -0.05) is 26.0 Å². The van der Waals surface area contributed by atoms with E-state index in [0.29, 0.717) is 5.92 Å². The highest BCUT2D eigenvalue weighted by Gasteiger charge is 2.09. The Morgan fingerprint density at radius 2 is 1.83 bits per heavy atom. The molecule has 1 aliphatic heterocycles. The maximum absolute atomic E-state index is 9.10. The van der Waals surface area contributed by atoms with Gasteiger partial charge in [-0.25, -0.2) is 9.59 Å². The van der Waals surface area contributed by atoms with Crippen molar-refractivity contribution >= 4 is 11.9 Å². The number of morpholine rings is 1. The fourth-order valence-corrected chi connectivity index (χ4v) is 2.08. The van der Waals surface area contributed by atoms with E-state index >= 15 is 0 Å². The lowest BCUT2D eigenvalue weighted by molar-refractivity contribution is -0.159. The number of carboxylic acid groups (broad SMARTS) is 2. The van der Waals surface area contributed by atoms with Gasteiger partial charge >= 0.3 is 11.9 Å². The van der Waals surface area contributed by atoms with Gasteiger partial charge in [0.05, 0.1) is 13.2 Å². The Bertz CT molecular complexity index is 514. The summed E-state index contributed by atoms with van der Waals surface area (Å²) >= 11 is 0. The van der Waals surface area contributed by atoms with E-state index in [9.17, 15) is 0 Å². The molecule has 1 fully saturated rings.